The number of benzene rings is 3. The number of halogens is 2. The first-order chi connectivity index (χ1) is 15.7. The molecule has 0 saturated carbocycles. The molecule has 4 aromatic rings. The molecule has 0 aliphatic heterocycles. The van der Waals surface area contributed by atoms with Crippen LogP contribution in [0.1, 0.15) is 15.9 Å². The lowest BCUT2D eigenvalue weighted by Crippen LogP contribution is -2.19. The zero-order valence-corrected chi connectivity index (χ0v) is 20.4. The lowest BCUT2D eigenvalue weighted by atomic mass is 10.1. The Morgan fingerprint density at radius 2 is 1.73 bits per heavy atom. The van der Waals surface area contributed by atoms with Gasteiger partial charge in [0.2, 0.25) is 0 Å². The summed E-state index contributed by atoms with van der Waals surface area (Å²) in [5.74, 6) is -1.30. The van der Waals surface area contributed by atoms with Gasteiger partial charge < -0.3 is 0 Å². The van der Waals surface area contributed by atoms with Gasteiger partial charge in [0.15, 0.2) is 5.13 Å². The van der Waals surface area contributed by atoms with Crippen LogP contribution >= 0.6 is 27.3 Å². The summed E-state index contributed by atoms with van der Waals surface area (Å²) < 4.78 is 42.7. The molecule has 10 heteroatoms. The maximum atomic E-state index is 13.9. The van der Waals surface area contributed by atoms with Crippen LogP contribution in [-0.2, 0) is 10.0 Å². The van der Waals surface area contributed by atoms with Gasteiger partial charge in [-0.25, -0.2) is 17.8 Å². The molecule has 3 aromatic carbocycles. The van der Waals surface area contributed by atoms with Crippen LogP contribution in [0.2, 0.25) is 0 Å². The van der Waals surface area contributed by atoms with Crippen LogP contribution in [0, 0.1) is 12.7 Å². The average Bonchev–Trinajstić information content (AvgIpc) is 3.22. The Morgan fingerprint density at radius 3 is 2.42 bits per heavy atom. The summed E-state index contributed by atoms with van der Waals surface area (Å²) in [5.41, 5.74) is 2.25. The van der Waals surface area contributed by atoms with Crippen LogP contribution in [0.4, 0.5) is 15.2 Å². The van der Waals surface area contributed by atoms with Crippen LogP contribution < -0.4 is 10.0 Å². The molecular weight excluding hydrogens is 529 g/mol. The molecule has 0 unspecified atom stereocenters. The van der Waals surface area contributed by atoms with Crippen molar-refractivity contribution in [3.8, 4) is 11.3 Å². The molecule has 1 heterocycles. The van der Waals surface area contributed by atoms with Gasteiger partial charge in [0, 0.05) is 15.4 Å². The number of amides is 1. The Hall–Kier alpha value is -3.08. The number of nitrogens with zero attached hydrogens (tertiary/aromatic N) is 1. The second-order valence-electron chi connectivity index (χ2n) is 7.11. The summed E-state index contributed by atoms with van der Waals surface area (Å²) in [6, 6.07) is 17.0. The number of sulfonamides is 1. The number of hydrogen-bond acceptors (Lipinski definition) is 5. The van der Waals surface area contributed by atoms with Crippen molar-refractivity contribution in [3.05, 3.63) is 93.5 Å². The summed E-state index contributed by atoms with van der Waals surface area (Å²) in [7, 11) is -4.02. The van der Waals surface area contributed by atoms with Crippen LogP contribution in [0.15, 0.2) is 81.5 Å². The van der Waals surface area contributed by atoms with E-state index in [-0.39, 0.29) is 16.1 Å². The van der Waals surface area contributed by atoms with Gasteiger partial charge >= 0.3 is 0 Å². The van der Waals surface area contributed by atoms with E-state index in [2.05, 4.69) is 31.0 Å². The lowest BCUT2D eigenvalue weighted by molar-refractivity contribution is 0.102. The van der Waals surface area contributed by atoms with E-state index in [1.807, 2.05) is 31.2 Å². The minimum atomic E-state index is -4.02. The fraction of sp³-hybridized carbons (Fsp3) is 0.0435. The van der Waals surface area contributed by atoms with E-state index in [1.54, 1.807) is 17.5 Å². The Labute approximate surface area is 202 Å². The van der Waals surface area contributed by atoms with Crippen LogP contribution in [0.3, 0.4) is 0 Å². The lowest BCUT2D eigenvalue weighted by Gasteiger charge is -2.12. The molecule has 0 radical (unpaired) electrons. The van der Waals surface area contributed by atoms with Crippen molar-refractivity contribution in [1.82, 2.24) is 4.98 Å². The highest BCUT2D eigenvalue weighted by Crippen LogP contribution is 2.28. The molecular formula is C23H17BrFN3O3S2. The minimum Gasteiger partial charge on any atom is -0.298 e. The van der Waals surface area contributed by atoms with Crippen molar-refractivity contribution >= 4 is 54.0 Å². The fourth-order valence-electron chi connectivity index (χ4n) is 2.97. The molecule has 0 aliphatic carbocycles. The first-order valence-electron chi connectivity index (χ1n) is 9.63. The molecule has 2 N–H and O–H groups in total. The number of aromatic nitrogens is 1. The Balaban J connectivity index is 1.58. The van der Waals surface area contributed by atoms with Crippen LogP contribution in [0.25, 0.3) is 11.3 Å². The molecule has 1 aromatic heterocycles. The molecule has 0 bridgehead atoms. The number of carbonyl (C=O) groups is 1. The number of thiazole rings is 1. The minimum absolute atomic E-state index is 0.00258. The third kappa shape index (κ3) is 5.47. The third-order valence-corrected chi connectivity index (χ3v) is 7.33. The van der Waals surface area contributed by atoms with E-state index in [0.29, 0.717) is 10.8 Å². The van der Waals surface area contributed by atoms with Crippen molar-refractivity contribution in [2.45, 2.75) is 11.8 Å². The van der Waals surface area contributed by atoms with Gasteiger partial charge in [-0.3, -0.25) is 14.8 Å². The van der Waals surface area contributed by atoms with Crippen molar-refractivity contribution in [1.29, 1.82) is 0 Å². The second-order valence-corrected chi connectivity index (χ2v) is 10.6. The smallest absolute Gasteiger partial charge is 0.261 e. The summed E-state index contributed by atoms with van der Waals surface area (Å²) in [6.07, 6.45) is 0. The molecule has 0 atom stereocenters. The molecule has 4 rings (SSSR count). The van der Waals surface area contributed by atoms with Crippen LogP contribution in [-0.4, -0.2) is 19.3 Å². The molecule has 0 fully saturated rings. The molecule has 6 nitrogen and oxygen atoms in total. The van der Waals surface area contributed by atoms with Gasteiger partial charge in [0.25, 0.3) is 15.9 Å². The van der Waals surface area contributed by atoms with Crippen molar-refractivity contribution in [2.24, 2.45) is 0 Å². The first-order valence-corrected chi connectivity index (χ1v) is 12.8. The SMILES string of the molecule is Cc1ccc(S(=O)(=O)Nc2cc(F)ccc2C(=O)Nc2nc(-c3ccc(Br)cc3)cs2)cc1. The number of nitrogens with one attached hydrogen (secondary N) is 2. The molecule has 0 aliphatic rings. The number of rotatable bonds is 6. The van der Waals surface area contributed by atoms with Gasteiger partial charge in [-0.2, -0.15) is 0 Å². The quantitative estimate of drug-likeness (QED) is 0.307. The number of aryl methyl sites for hydroxylation is 1. The highest BCUT2D eigenvalue weighted by atomic mass is 79.9. The average molecular weight is 546 g/mol. The number of hydrogen-bond donors (Lipinski definition) is 2. The summed E-state index contributed by atoms with van der Waals surface area (Å²) >= 11 is 4.61. The Bertz CT molecular complexity index is 1420. The van der Waals surface area contributed by atoms with Gasteiger partial charge in [0.05, 0.1) is 21.8 Å². The van der Waals surface area contributed by atoms with E-state index >= 15 is 0 Å². The van der Waals surface area contributed by atoms with Gasteiger partial charge in [0.1, 0.15) is 5.82 Å². The van der Waals surface area contributed by atoms with E-state index in [4.69, 9.17) is 0 Å². The van der Waals surface area contributed by atoms with Gasteiger partial charge in [-0.15, -0.1) is 11.3 Å². The van der Waals surface area contributed by atoms with E-state index < -0.39 is 21.7 Å². The molecule has 0 saturated heterocycles. The van der Waals surface area contributed by atoms with Crippen LogP contribution in [0.5, 0.6) is 0 Å². The Morgan fingerprint density at radius 1 is 1.03 bits per heavy atom. The largest absolute Gasteiger partial charge is 0.298 e. The summed E-state index contributed by atoms with van der Waals surface area (Å²) in [4.78, 5) is 17.3. The Kier molecular flexibility index (Phi) is 6.59. The molecule has 33 heavy (non-hydrogen) atoms. The monoisotopic (exact) mass is 545 g/mol. The number of carbonyl (C=O) groups excluding carboxylic acids is 1. The zero-order valence-electron chi connectivity index (χ0n) is 17.2. The molecule has 1 amide bonds. The normalized spacial score (nSPS) is 11.2. The van der Waals surface area contributed by atoms with Crippen molar-refractivity contribution in [2.75, 3.05) is 10.0 Å². The highest BCUT2D eigenvalue weighted by Gasteiger charge is 2.20. The van der Waals surface area contributed by atoms with Gasteiger partial charge in [-0.05, 0) is 49.4 Å². The van der Waals surface area contributed by atoms with Crippen molar-refractivity contribution < 1.29 is 17.6 Å². The topological polar surface area (TPSA) is 88.2 Å². The van der Waals surface area contributed by atoms with E-state index in [9.17, 15) is 17.6 Å². The summed E-state index contributed by atoms with van der Waals surface area (Å²) in [6.45, 7) is 1.83. The molecule has 168 valence electrons. The van der Waals surface area contributed by atoms with Crippen molar-refractivity contribution in [3.63, 3.8) is 0 Å². The predicted molar refractivity (Wildman–Crippen MR) is 132 cm³/mol. The van der Waals surface area contributed by atoms with E-state index in [1.165, 1.54) is 29.5 Å². The zero-order chi connectivity index (χ0) is 23.6. The predicted octanol–water partition coefficient (Wildman–Crippen LogP) is 6.07. The fourth-order valence-corrected chi connectivity index (χ4v) is 5.02. The number of anilines is 2. The first kappa shape index (κ1) is 23.1. The molecule has 0 spiro atoms. The third-order valence-electron chi connectivity index (χ3n) is 4.67. The standard InChI is InChI=1S/C23H17BrFN3O3S2/c1-14-2-9-18(10-3-14)33(30,31)28-20-12-17(25)8-11-19(20)22(29)27-23-26-21(13-32-23)15-4-6-16(24)7-5-15/h2-13,28H,1H3,(H,26,27,29). The van der Waals surface area contributed by atoms with E-state index in [0.717, 1.165) is 27.7 Å². The maximum absolute atomic E-state index is 13.9. The summed E-state index contributed by atoms with van der Waals surface area (Å²) in [5, 5.41) is 4.78. The maximum Gasteiger partial charge on any atom is 0.261 e. The highest BCUT2D eigenvalue weighted by molar-refractivity contribution is 9.10. The second kappa shape index (κ2) is 9.42. The van der Waals surface area contributed by atoms with Gasteiger partial charge in [-0.1, -0.05) is 45.8 Å².